The van der Waals surface area contributed by atoms with Gasteiger partial charge in [-0.15, -0.1) is 11.3 Å². The Balaban J connectivity index is 2.26. The maximum atomic E-state index is 13.6. The van der Waals surface area contributed by atoms with Gasteiger partial charge in [0.1, 0.15) is 5.82 Å². The Labute approximate surface area is 133 Å². The molecular formula is C14H14Br2FNS. The first-order valence-electron chi connectivity index (χ1n) is 6.03. The second-order valence-corrected chi connectivity index (χ2v) is 7.50. The van der Waals surface area contributed by atoms with E-state index in [2.05, 4.69) is 50.2 Å². The van der Waals surface area contributed by atoms with Crippen molar-refractivity contribution in [3.63, 3.8) is 0 Å². The Hall–Kier alpha value is -0.230. The SMILES string of the molecule is CCNC(Cc1ccc(Br)s1)c1cccc(F)c1Br. The predicted molar refractivity (Wildman–Crippen MR) is 86.2 cm³/mol. The smallest absolute Gasteiger partial charge is 0.137 e. The lowest BCUT2D eigenvalue weighted by molar-refractivity contribution is 0.542. The van der Waals surface area contributed by atoms with Gasteiger partial charge in [0.05, 0.1) is 8.26 Å². The summed E-state index contributed by atoms with van der Waals surface area (Å²) in [6.07, 6.45) is 0.853. The molecule has 1 atom stereocenters. The monoisotopic (exact) mass is 405 g/mol. The van der Waals surface area contributed by atoms with Crippen LogP contribution < -0.4 is 5.32 Å². The summed E-state index contributed by atoms with van der Waals surface area (Å²) >= 11 is 8.54. The summed E-state index contributed by atoms with van der Waals surface area (Å²) in [6.45, 7) is 2.91. The average molecular weight is 407 g/mol. The standard InChI is InChI=1S/C14H14Br2FNS/c1-2-18-12(8-9-6-7-13(15)19-9)10-4-3-5-11(17)14(10)16/h3-7,12,18H,2,8H2,1H3. The maximum absolute atomic E-state index is 13.6. The molecule has 0 saturated heterocycles. The topological polar surface area (TPSA) is 12.0 Å². The van der Waals surface area contributed by atoms with E-state index in [0.29, 0.717) is 4.47 Å². The summed E-state index contributed by atoms with van der Waals surface area (Å²) in [5.41, 5.74) is 0.964. The van der Waals surface area contributed by atoms with Crippen molar-refractivity contribution >= 4 is 43.2 Å². The predicted octanol–water partition coefficient (Wildman–Crippen LogP) is 5.31. The fraction of sp³-hybridized carbons (Fsp3) is 0.286. The largest absolute Gasteiger partial charge is 0.310 e. The van der Waals surface area contributed by atoms with Crippen molar-refractivity contribution in [3.05, 3.63) is 54.8 Å². The highest BCUT2D eigenvalue weighted by Crippen LogP contribution is 2.31. The van der Waals surface area contributed by atoms with Crippen LogP contribution in [0.1, 0.15) is 23.4 Å². The first kappa shape index (κ1) is 15.2. The van der Waals surface area contributed by atoms with Gasteiger partial charge in [-0.3, -0.25) is 0 Å². The molecule has 102 valence electrons. The molecule has 1 unspecified atom stereocenters. The molecule has 0 amide bonds. The van der Waals surface area contributed by atoms with Gasteiger partial charge in [-0.1, -0.05) is 19.1 Å². The Morgan fingerprint density at radius 1 is 1.26 bits per heavy atom. The summed E-state index contributed by atoms with van der Waals surface area (Å²) in [7, 11) is 0. The summed E-state index contributed by atoms with van der Waals surface area (Å²) in [4.78, 5) is 1.27. The third kappa shape index (κ3) is 3.88. The quantitative estimate of drug-likeness (QED) is 0.709. The van der Waals surface area contributed by atoms with Crippen molar-refractivity contribution in [2.24, 2.45) is 0 Å². The van der Waals surface area contributed by atoms with Crippen LogP contribution in [0.3, 0.4) is 0 Å². The second kappa shape index (κ2) is 6.97. The van der Waals surface area contributed by atoms with Gasteiger partial charge in [0, 0.05) is 17.3 Å². The number of nitrogens with one attached hydrogen (secondary N) is 1. The molecule has 0 spiro atoms. The lowest BCUT2D eigenvalue weighted by Gasteiger charge is -2.19. The van der Waals surface area contributed by atoms with Crippen molar-refractivity contribution in [3.8, 4) is 0 Å². The van der Waals surface area contributed by atoms with Crippen LogP contribution in [0.15, 0.2) is 38.6 Å². The van der Waals surface area contributed by atoms with Gasteiger partial charge < -0.3 is 5.32 Å². The number of rotatable bonds is 5. The van der Waals surface area contributed by atoms with Crippen molar-refractivity contribution < 1.29 is 4.39 Å². The van der Waals surface area contributed by atoms with Gasteiger partial charge in [-0.05, 0) is 62.2 Å². The molecule has 0 aliphatic heterocycles. The molecule has 0 saturated carbocycles. The number of likely N-dealkylation sites (N-methyl/N-ethyl adjacent to an activating group) is 1. The van der Waals surface area contributed by atoms with Crippen LogP contribution in [0, 0.1) is 5.82 Å². The molecule has 2 rings (SSSR count). The number of benzene rings is 1. The molecule has 1 aromatic heterocycles. The molecule has 0 aliphatic carbocycles. The molecular weight excluding hydrogens is 393 g/mol. The van der Waals surface area contributed by atoms with E-state index in [0.717, 1.165) is 22.3 Å². The van der Waals surface area contributed by atoms with Crippen molar-refractivity contribution in [2.75, 3.05) is 6.54 Å². The number of halogens is 3. The Morgan fingerprint density at radius 2 is 2.05 bits per heavy atom. The van der Waals surface area contributed by atoms with Gasteiger partial charge >= 0.3 is 0 Å². The van der Waals surface area contributed by atoms with Gasteiger partial charge in [-0.2, -0.15) is 0 Å². The maximum Gasteiger partial charge on any atom is 0.137 e. The molecule has 5 heteroatoms. The zero-order chi connectivity index (χ0) is 13.8. The van der Waals surface area contributed by atoms with Crippen molar-refractivity contribution in [1.29, 1.82) is 0 Å². The van der Waals surface area contributed by atoms with E-state index >= 15 is 0 Å². The number of hydrogen-bond donors (Lipinski definition) is 1. The zero-order valence-corrected chi connectivity index (χ0v) is 14.4. The van der Waals surface area contributed by atoms with Crippen molar-refractivity contribution in [1.82, 2.24) is 5.32 Å². The molecule has 1 N–H and O–H groups in total. The van der Waals surface area contributed by atoms with E-state index in [1.165, 1.54) is 10.9 Å². The molecule has 19 heavy (non-hydrogen) atoms. The number of thiophene rings is 1. The summed E-state index contributed by atoms with van der Waals surface area (Å²) in [5, 5.41) is 3.42. The minimum absolute atomic E-state index is 0.112. The van der Waals surface area contributed by atoms with Crippen LogP contribution >= 0.6 is 43.2 Å². The Kier molecular flexibility index (Phi) is 5.57. The minimum atomic E-state index is -0.215. The number of hydrogen-bond acceptors (Lipinski definition) is 2. The molecule has 2 aromatic rings. The molecule has 0 radical (unpaired) electrons. The Morgan fingerprint density at radius 3 is 2.68 bits per heavy atom. The highest BCUT2D eigenvalue weighted by Gasteiger charge is 2.17. The van der Waals surface area contributed by atoms with Crippen LogP contribution in [0.5, 0.6) is 0 Å². The van der Waals surface area contributed by atoms with Crippen LogP contribution in [0.25, 0.3) is 0 Å². The van der Waals surface area contributed by atoms with Crippen LogP contribution in [0.4, 0.5) is 4.39 Å². The molecule has 0 fully saturated rings. The van der Waals surface area contributed by atoms with Gasteiger partial charge in [0.2, 0.25) is 0 Å². The molecule has 0 aliphatic rings. The van der Waals surface area contributed by atoms with E-state index in [9.17, 15) is 4.39 Å². The van der Waals surface area contributed by atoms with E-state index in [4.69, 9.17) is 0 Å². The van der Waals surface area contributed by atoms with E-state index in [-0.39, 0.29) is 11.9 Å². The van der Waals surface area contributed by atoms with Crippen LogP contribution in [-0.4, -0.2) is 6.54 Å². The highest BCUT2D eigenvalue weighted by molar-refractivity contribution is 9.11. The van der Waals surface area contributed by atoms with Crippen LogP contribution in [0.2, 0.25) is 0 Å². The zero-order valence-electron chi connectivity index (χ0n) is 10.4. The summed E-state index contributed by atoms with van der Waals surface area (Å²) < 4.78 is 15.3. The van der Waals surface area contributed by atoms with Gasteiger partial charge in [0.15, 0.2) is 0 Å². The summed E-state index contributed by atoms with van der Waals surface area (Å²) in [6, 6.07) is 9.45. The average Bonchev–Trinajstić information content (AvgIpc) is 2.78. The summed E-state index contributed by atoms with van der Waals surface area (Å²) in [5.74, 6) is -0.215. The van der Waals surface area contributed by atoms with Gasteiger partial charge in [0.25, 0.3) is 0 Å². The van der Waals surface area contributed by atoms with E-state index in [1.807, 2.05) is 12.1 Å². The molecule has 0 bridgehead atoms. The third-order valence-corrected chi connectivity index (χ3v) is 5.32. The lowest BCUT2D eigenvalue weighted by Crippen LogP contribution is -2.23. The Bertz CT molecular complexity index is 556. The van der Waals surface area contributed by atoms with Crippen molar-refractivity contribution in [2.45, 2.75) is 19.4 Å². The van der Waals surface area contributed by atoms with Gasteiger partial charge in [-0.25, -0.2) is 4.39 Å². The second-order valence-electron chi connectivity index (χ2n) is 4.16. The van der Waals surface area contributed by atoms with E-state index in [1.54, 1.807) is 17.4 Å². The normalized spacial score (nSPS) is 12.6. The van der Waals surface area contributed by atoms with E-state index < -0.39 is 0 Å². The third-order valence-electron chi connectivity index (χ3n) is 2.84. The molecule has 1 heterocycles. The fourth-order valence-corrected chi connectivity index (χ4v) is 4.06. The first-order chi connectivity index (χ1) is 9.11. The molecule has 1 aromatic carbocycles. The van der Waals surface area contributed by atoms with Crippen LogP contribution in [-0.2, 0) is 6.42 Å². The first-order valence-corrected chi connectivity index (χ1v) is 8.43. The lowest BCUT2D eigenvalue weighted by atomic mass is 10.0. The highest BCUT2D eigenvalue weighted by atomic mass is 79.9. The minimum Gasteiger partial charge on any atom is -0.310 e. The molecule has 1 nitrogen and oxygen atoms in total. The fourth-order valence-electron chi connectivity index (χ4n) is 1.99.